The molecule has 1 aromatic carbocycles. The minimum absolute atomic E-state index is 0.329. The Morgan fingerprint density at radius 1 is 1.19 bits per heavy atom. The first-order chi connectivity index (χ1) is 15.5. The van der Waals surface area contributed by atoms with Crippen molar-refractivity contribution in [1.29, 1.82) is 0 Å². The van der Waals surface area contributed by atoms with Gasteiger partial charge in [-0.25, -0.2) is 9.50 Å². The van der Waals surface area contributed by atoms with Crippen molar-refractivity contribution in [2.45, 2.75) is 13.5 Å². The van der Waals surface area contributed by atoms with Gasteiger partial charge in [-0.2, -0.15) is 10.2 Å². The quantitative estimate of drug-likeness (QED) is 0.355. The Morgan fingerprint density at radius 2 is 2.06 bits per heavy atom. The van der Waals surface area contributed by atoms with Crippen molar-refractivity contribution in [1.82, 2.24) is 24.4 Å². The number of hydrogen-bond acceptors (Lipinski definition) is 5. The standard InChI is InChI=1S/C22H16Cl2N6OS/c1-13-9-20(28-29(13)12-14-4-5-15(23)10-17(14)24)27-22(31)16-11-26-30-18(6-7-25-21(16)30)19-3-2-8-32-19/h2-11H,12H2,1H3,(H,27,28,31). The van der Waals surface area contributed by atoms with Crippen LogP contribution < -0.4 is 5.32 Å². The van der Waals surface area contributed by atoms with Crippen LogP contribution >= 0.6 is 34.5 Å². The number of aryl methyl sites for hydroxylation is 1. The maximum atomic E-state index is 13.0. The van der Waals surface area contributed by atoms with Gasteiger partial charge in [0.2, 0.25) is 0 Å². The topological polar surface area (TPSA) is 77.1 Å². The number of thiophene rings is 1. The number of halogens is 2. The van der Waals surface area contributed by atoms with Gasteiger partial charge in [-0.3, -0.25) is 9.48 Å². The van der Waals surface area contributed by atoms with Gasteiger partial charge in [0.1, 0.15) is 5.56 Å². The summed E-state index contributed by atoms with van der Waals surface area (Å²) in [4.78, 5) is 18.4. The normalized spacial score (nSPS) is 11.2. The zero-order valence-electron chi connectivity index (χ0n) is 16.8. The molecule has 5 rings (SSSR count). The summed E-state index contributed by atoms with van der Waals surface area (Å²) in [7, 11) is 0. The van der Waals surface area contributed by atoms with Crippen LogP contribution in [0.1, 0.15) is 21.6 Å². The maximum absolute atomic E-state index is 13.0. The summed E-state index contributed by atoms with van der Waals surface area (Å²) >= 11 is 13.9. The Morgan fingerprint density at radius 3 is 2.84 bits per heavy atom. The average molecular weight is 483 g/mol. The summed E-state index contributed by atoms with van der Waals surface area (Å²) in [5.74, 6) is 0.108. The number of benzene rings is 1. The van der Waals surface area contributed by atoms with Crippen molar-refractivity contribution in [2.75, 3.05) is 5.32 Å². The molecule has 0 bridgehead atoms. The van der Waals surface area contributed by atoms with Gasteiger partial charge in [0, 0.05) is 28.0 Å². The Labute approximate surface area is 197 Å². The van der Waals surface area contributed by atoms with Crippen LogP contribution in [0.3, 0.4) is 0 Å². The van der Waals surface area contributed by atoms with Crippen LogP contribution in [0, 0.1) is 6.92 Å². The molecule has 0 spiro atoms. The number of nitrogens with one attached hydrogen (secondary N) is 1. The molecule has 4 heterocycles. The molecule has 1 amide bonds. The van der Waals surface area contributed by atoms with Crippen molar-refractivity contribution in [3.63, 3.8) is 0 Å². The molecular weight excluding hydrogens is 467 g/mol. The zero-order chi connectivity index (χ0) is 22.2. The van der Waals surface area contributed by atoms with E-state index in [2.05, 4.69) is 20.5 Å². The first kappa shape index (κ1) is 20.7. The van der Waals surface area contributed by atoms with E-state index in [0.717, 1.165) is 21.8 Å². The highest BCUT2D eigenvalue weighted by molar-refractivity contribution is 7.13. The first-order valence-corrected chi connectivity index (χ1v) is 11.3. The lowest BCUT2D eigenvalue weighted by atomic mass is 10.2. The third-order valence-electron chi connectivity index (χ3n) is 4.98. The lowest BCUT2D eigenvalue weighted by molar-refractivity contribution is 0.102. The highest BCUT2D eigenvalue weighted by atomic mass is 35.5. The number of nitrogens with zero attached hydrogens (tertiary/aromatic N) is 5. The first-order valence-electron chi connectivity index (χ1n) is 9.66. The molecule has 0 atom stereocenters. The van der Waals surface area contributed by atoms with Crippen LogP contribution in [0.4, 0.5) is 5.82 Å². The second kappa shape index (κ2) is 8.38. The molecular formula is C22H16Cl2N6OS. The van der Waals surface area contributed by atoms with Gasteiger partial charge in [-0.1, -0.05) is 35.3 Å². The summed E-state index contributed by atoms with van der Waals surface area (Å²) in [6.45, 7) is 2.37. The minimum Gasteiger partial charge on any atom is -0.305 e. The fourth-order valence-corrected chi connectivity index (χ4v) is 4.59. The minimum atomic E-state index is -0.329. The van der Waals surface area contributed by atoms with Crippen molar-refractivity contribution < 1.29 is 4.79 Å². The Kier molecular flexibility index (Phi) is 5.42. The lowest BCUT2D eigenvalue weighted by Crippen LogP contribution is -2.13. The largest absolute Gasteiger partial charge is 0.305 e. The number of amides is 1. The van der Waals surface area contributed by atoms with Crippen LogP contribution in [0.25, 0.3) is 16.2 Å². The van der Waals surface area contributed by atoms with E-state index >= 15 is 0 Å². The number of hydrogen-bond donors (Lipinski definition) is 1. The zero-order valence-corrected chi connectivity index (χ0v) is 19.1. The van der Waals surface area contributed by atoms with Gasteiger partial charge < -0.3 is 5.32 Å². The van der Waals surface area contributed by atoms with Gasteiger partial charge in [-0.15, -0.1) is 11.3 Å². The van der Waals surface area contributed by atoms with Crippen LogP contribution in [-0.4, -0.2) is 30.3 Å². The van der Waals surface area contributed by atoms with Crippen LogP contribution in [0.15, 0.2) is 60.2 Å². The van der Waals surface area contributed by atoms with E-state index in [1.807, 2.05) is 36.6 Å². The molecule has 0 aliphatic carbocycles. The molecule has 0 aliphatic rings. The predicted molar refractivity (Wildman–Crippen MR) is 127 cm³/mol. The Bertz CT molecular complexity index is 1440. The van der Waals surface area contributed by atoms with Gasteiger partial charge >= 0.3 is 0 Å². The second-order valence-electron chi connectivity index (χ2n) is 7.12. The molecule has 0 saturated carbocycles. The highest BCUT2D eigenvalue weighted by Gasteiger charge is 2.18. The van der Waals surface area contributed by atoms with E-state index in [1.165, 1.54) is 6.20 Å². The molecule has 0 aliphatic heterocycles. The lowest BCUT2D eigenvalue weighted by Gasteiger charge is -2.07. The fraction of sp³-hybridized carbons (Fsp3) is 0.0909. The molecule has 1 N–H and O–H groups in total. The van der Waals surface area contributed by atoms with Crippen LogP contribution in [0.5, 0.6) is 0 Å². The summed E-state index contributed by atoms with van der Waals surface area (Å²) in [5, 5.41) is 14.9. The highest BCUT2D eigenvalue weighted by Crippen LogP contribution is 2.26. The van der Waals surface area contributed by atoms with E-state index in [-0.39, 0.29) is 5.91 Å². The number of aromatic nitrogens is 5. The second-order valence-corrected chi connectivity index (χ2v) is 8.91. The maximum Gasteiger partial charge on any atom is 0.262 e. The summed E-state index contributed by atoms with van der Waals surface area (Å²) in [6, 6.07) is 13.0. The van der Waals surface area contributed by atoms with Crippen molar-refractivity contribution in [3.05, 3.63) is 87.1 Å². The van der Waals surface area contributed by atoms with E-state index in [4.69, 9.17) is 23.2 Å². The van der Waals surface area contributed by atoms with Crippen molar-refractivity contribution in [3.8, 4) is 10.6 Å². The van der Waals surface area contributed by atoms with Crippen LogP contribution in [0.2, 0.25) is 10.0 Å². The molecule has 10 heteroatoms. The average Bonchev–Trinajstić information content (AvgIpc) is 3.50. The summed E-state index contributed by atoms with van der Waals surface area (Å²) in [6.07, 6.45) is 3.20. The molecule has 160 valence electrons. The van der Waals surface area contributed by atoms with Gasteiger partial charge in [0.25, 0.3) is 5.91 Å². The molecule has 0 saturated heterocycles. The molecule has 0 fully saturated rings. The molecule has 7 nitrogen and oxygen atoms in total. The molecule has 32 heavy (non-hydrogen) atoms. The summed E-state index contributed by atoms with van der Waals surface area (Å²) in [5.41, 5.74) is 3.50. The van der Waals surface area contributed by atoms with Crippen LogP contribution in [-0.2, 0) is 6.54 Å². The Hall–Kier alpha value is -3.20. The van der Waals surface area contributed by atoms with E-state index in [1.54, 1.807) is 44.9 Å². The third-order valence-corrected chi connectivity index (χ3v) is 6.46. The van der Waals surface area contributed by atoms with Gasteiger partial charge in [0.15, 0.2) is 11.5 Å². The van der Waals surface area contributed by atoms with E-state index < -0.39 is 0 Å². The third kappa shape index (κ3) is 3.88. The SMILES string of the molecule is Cc1cc(NC(=O)c2cnn3c(-c4cccs4)ccnc23)nn1Cc1ccc(Cl)cc1Cl. The van der Waals surface area contributed by atoms with Gasteiger partial charge in [-0.05, 0) is 42.1 Å². The Balaban J connectivity index is 1.39. The number of carbonyl (C=O) groups excluding carboxylic acids is 1. The molecule has 0 unspecified atom stereocenters. The number of anilines is 1. The van der Waals surface area contributed by atoms with E-state index in [9.17, 15) is 4.79 Å². The van der Waals surface area contributed by atoms with Gasteiger partial charge in [0.05, 0.1) is 23.3 Å². The monoisotopic (exact) mass is 482 g/mol. The number of rotatable bonds is 5. The van der Waals surface area contributed by atoms with Crippen molar-refractivity contribution in [2.24, 2.45) is 0 Å². The van der Waals surface area contributed by atoms with Crippen molar-refractivity contribution >= 4 is 51.9 Å². The fourth-order valence-electron chi connectivity index (χ4n) is 3.39. The predicted octanol–water partition coefficient (Wildman–Crippen LogP) is 5.57. The number of fused-ring (bicyclic) bond motifs is 1. The van der Waals surface area contributed by atoms with E-state index in [0.29, 0.717) is 33.6 Å². The molecule has 5 aromatic rings. The molecule has 4 aromatic heterocycles. The molecule has 0 radical (unpaired) electrons. The number of carbonyl (C=O) groups is 1. The smallest absolute Gasteiger partial charge is 0.262 e. The summed E-state index contributed by atoms with van der Waals surface area (Å²) < 4.78 is 3.45.